The molecule has 0 aromatic carbocycles. The van der Waals surface area contributed by atoms with Gasteiger partial charge in [0.1, 0.15) is 0 Å². The molecule has 0 aromatic heterocycles. The Bertz CT molecular complexity index is 160. The maximum Gasteiger partial charge on any atom is 0.0683 e. The zero-order chi connectivity index (χ0) is 9.26. The first kappa shape index (κ1) is 9.44. The fourth-order valence-electron chi connectivity index (χ4n) is 2.20. The Morgan fingerprint density at radius 1 is 1.15 bits per heavy atom. The highest BCUT2D eigenvalue weighted by Gasteiger charge is 2.28. The molecule has 0 bridgehead atoms. The summed E-state index contributed by atoms with van der Waals surface area (Å²) in [5, 5.41) is 2.43. The van der Waals surface area contributed by atoms with Gasteiger partial charge in [-0.3, -0.25) is 0 Å². The maximum atomic E-state index is 5.16. The summed E-state index contributed by atoms with van der Waals surface area (Å²) in [6.07, 6.45) is 4.03. The number of hydrogen-bond acceptors (Lipinski definition) is 3. The average molecular weight is 184 g/mol. The van der Waals surface area contributed by atoms with E-state index in [0.717, 1.165) is 13.2 Å². The lowest BCUT2D eigenvalue weighted by molar-refractivity contribution is -0.0681. The molecular formula is C10H20N2O. The molecule has 0 aliphatic carbocycles. The second-order valence-corrected chi connectivity index (χ2v) is 4.40. The smallest absolute Gasteiger partial charge is 0.0683 e. The fraction of sp³-hybridized carbons (Fsp3) is 1.00. The lowest BCUT2D eigenvalue weighted by Gasteiger charge is -2.43. The molecule has 2 fully saturated rings. The summed E-state index contributed by atoms with van der Waals surface area (Å²) in [6.45, 7) is 6.39. The van der Waals surface area contributed by atoms with Crippen LogP contribution in [0, 0.1) is 0 Å². The number of nitrogens with zero attached hydrogens (tertiary/aromatic N) is 1. The Labute approximate surface area is 80.4 Å². The average Bonchev–Trinajstić information content (AvgIpc) is 2.00. The van der Waals surface area contributed by atoms with E-state index in [0.29, 0.717) is 18.1 Å². The van der Waals surface area contributed by atoms with E-state index in [1.165, 1.54) is 19.3 Å². The van der Waals surface area contributed by atoms with Crippen LogP contribution in [-0.4, -0.2) is 36.3 Å². The normalized spacial score (nSPS) is 37.4. The number of hydrogen-bond donors (Lipinski definition) is 1. The van der Waals surface area contributed by atoms with Gasteiger partial charge in [-0.25, -0.2) is 10.4 Å². The first-order valence-corrected chi connectivity index (χ1v) is 5.39. The highest BCUT2D eigenvalue weighted by molar-refractivity contribution is 4.80. The van der Waals surface area contributed by atoms with Crippen LogP contribution in [0.15, 0.2) is 0 Å². The minimum atomic E-state index is 0.572. The number of hydrazine groups is 1. The van der Waals surface area contributed by atoms with Crippen LogP contribution >= 0.6 is 0 Å². The number of piperidine rings is 1. The topological polar surface area (TPSA) is 24.5 Å². The van der Waals surface area contributed by atoms with Crippen molar-refractivity contribution in [3.05, 3.63) is 0 Å². The zero-order valence-electron chi connectivity index (χ0n) is 8.62. The van der Waals surface area contributed by atoms with E-state index in [1.54, 1.807) is 0 Å². The molecule has 2 atom stereocenters. The standard InChI is InChI=1S/C10H20N2O/c1-8-4-3-5-9(2)12(8)11-10-6-13-7-10/h8-11H,3-7H2,1-2H3. The van der Waals surface area contributed by atoms with Crippen molar-refractivity contribution in [2.75, 3.05) is 13.2 Å². The van der Waals surface area contributed by atoms with Crippen LogP contribution in [0.2, 0.25) is 0 Å². The van der Waals surface area contributed by atoms with Gasteiger partial charge >= 0.3 is 0 Å². The van der Waals surface area contributed by atoms with E-state index < -0.39 is 0 Å². The van der Waals surface area contributed by atoms with E-state index in [1.807, 2.05) is 0 Å². The van der Waals surface area contributed by atoms with Crippen molar-refractivity contribution in [3.63, 3.8) is 0 Å². The van der Waals surface area contributed by atoms with Crippen LogP contribution in [0.5, 0.6) is 0 Å². The summed E-state index contributed by atoms with van der Waals surface area (Å²) >= 11 is 0. The van der Waals surface area contributed by atoms with Crippen molar-refractivity contribution in [1.82, 2.24) is 10.4 Å². The summed E-state index contributed by atoms with van der Waals surface area (Å²) in [5.74, 6) is 0. The van der Waals surface area contributed by atoms with Crippen LogP contribution in [0.25, 0.3) is 0 Å². The van der Waals surface area contributed by atoms with Crippen LogP contribution < -0.4 is 5.43 Å². The zero-order valence-corrected chi connectivity index (χ0v) is 8.62. The molecular weight excluding hydrogens is 164 g/mol. The van der Waals surface area contributed by atoms with Gasteiger partial charge in [-0.1, -0.05) is 6.42 Å². The number of nitrogens with one attached hydrogen (secondary N) is 1. The van der Waals surface area contributed by atoms with Crippen LogP contribution in [0.3, 0.4) is 0 Å². The van der Waals surface area contributed by atoms with Crippen molar-refractivity contribution in [3.8, 4) is 0 Å². The lowest BCUT2D eigenvalue weighted by Crippen LogP contribution is -2.60. The van der Waals surface area contributed by atoms with Gasteiger partial charge in [-0.15, -0.1) is 0 Å². The molecule has 0 saturated carbocycles. The Morgan fingerprint density at radius 3 is 2.23 bits per heavy atom. The fourth-order valence-corrected chi connectivity index (χ4v) is 2.20. The number of rotatable bonds is 2. The quantitative estimate of drug-likeness (QED) is 0.697. The molecule has 3 nitrogen and oxygen atoms in total. The minimum Gasteiger partial charge on any atom is -0.378 e. The molecule has 76 valence electrons. The molecule has 1 N–H and O–H groups in total. The lowest BCUT2D eigenvalue weighted by atomic mass is 9.99. The molecule has 0 amide bonds. The predicted molar refractivity (Wildman–Crippen MR) is 52.4 cm³/mol. The molecule has 2 heterocycles. The molecule has 0 aromatic rings. The van der Waals surface area contributed by atoms with E-state index in [9.17, 15) is 0 Å². The first-order valence-electron chi connectivity index (χ1n) is 5.39. The Kier molecular flexibility index (Phi) is 2.86. The van der Waals surface area contributed by atoms with E-state index in [-0.39, 0.29) is 0 Å². The molecule has 2 rings (SSSR count). The molecule has 0 radical (unpaired) electrons. The van der Waals surface area contributed by atoms with Gasteiger partial charge in [-0.05, 0) is 26.7 Å². The first-order chi connectivity index (χ1) is 6.27. The Morgan fingerprint density at radius 2 is 1.77 bits per heavy atom. The maximum absolute atomic E-state index is 5.16. The van der Waals surface area contributed by atoms with Gasteiger partial charge in [0.2, 0.25) is 0 Å². The third-order valence-corrected chi connectivity index (χ3v) is 3.16. The van der Waals surface area contributed by atoms with Gasteiger partial charge in [0.05, 0.1) is 19.3 Å². The molecule has 2 aliphatic rings. The molecule has 2 aliphatic heterocycles. The predicted octanol–water partition coefficient (Wildman–Crippen LogP) is 1.15. The third-order valence-electron chi connectivity index (χ3n) is 3.16. The van der Waals surface area contributed by atoms with Crippen molar-refractivity contribution in [1.29, 1.82) is 0 Å². The highest BCUT2D eigenvalue weighted by atomic mass is 16.5. The van der Waals surface area contributed by atoms with Crippen LogP contribution in [0.1, 0.15) is 33.1 Å². The summed E-state index contributed by atoms with van der Waals surface area (Å²) in [7, 11) is 0. The van der Waals surface area contributed by atoms with Gasteiger partial charge in [-0.2, -0.15) is 0 Å². The largest absolute Gasteiger partial charge is 0.378 e. The van der Waals surface area contributed by atoms with E-state index in [4.69, 9.17) is 4.74 Å². The van der Waals surface area contributed by atoms with Crippen LogP contribution in [-0.2, 0) is 4.74 Å². The summed E-state index contributed by atoms with van der Waals surface area (Å²) in [5.41, 5.74) is 3.56. The molecule has 3 heteroatoms. The van der Waals surface area contributed by atoms with E-state index in [2.05, 4.69) is 24.3 Å². The molecule has 0 spiro atoms. The van der Waals surface area contributed by atoms with Gasteiger partial charge in [0, 0.05) is 12.1 Å². The van der Waals surface area contributed by atoms with Crippen molar-refractivity contribution in [2.45, 2.75) is 51.2 Å². The molecule has 2 unspecified atom stereocenters. The summed E-state index contributed by atoms with van der Waals surface area (Å²) in [4.78, 5) is 0. The van der Waals surface area contributed by atoms with E-state index >= 15 is 0 Å². The minimum absolute atomic E-state index is 0.572. The monoisotopic (exact) mass is 184 g/mol. The Hall–Kier alpha value is -0.120. The number of ether oxygens (including phenoxy) is 1. The van der Waals surface area contributed by atoms with Crippen molar-refractivity contribution < 1.29 is 4.74 Å². The second kappa shape index (κ2) is 3.95. The Balaban J connectivity index is 1.85. The third kappa shape index (κ3) is 2.03. The van der Waals surface area contributed by atoms with Gasteiger partial charge in [0.15, 0.2) is 0 Å². The van der Waals surface area contributed by atoms with Crippen LogP contribution in [0.4, 0.5) is 0 Å². The van der Waals surface area contributed by atoms with Gasteiger partial charge in [0.25, 0.3) is 0 Å². The van der Waals surface area contributed by atoms with Crippen molar-refractivity contribution >= 4 is 0 Å². The summed E-state index contributed by atoms with van der Waals surface area (Å²) < 4.78 is 5.16. The SMILES string of the molecule is CC1CCCC(C)N1NC1COC1. The molecule has 13 heavy (non-hydrogen) atoms. The molecule has 2 saturated heterocycles. The summed E-state index contributed by atoms with van der Waals surface area (Å²) in [6, 6.07) is 1.94. The second-order valence-electron chi connectivity index (χ2n) is 4.40. The van der Waals surface area contributed by atoms with Crippen molar-refractivity contribution in [2.24, 2.45) is 0 Å². The van der Waals surface area contributed by atoms with Gasteiger partial charge < -0.3 is 4.74 Å². The highest BCUT2D eigenvalue weighted by Crippen LogP contribution is 2.21.